The molecule has 1 fully saturated rings. The third-order valence-electron chi connectivity index (χ3n) is 3.76. The van der Waals surface area contributed by atoms with Crippen molar-refractivity contribution in [2.75, 3.05) is 13.1 Å². The average Bonchev–Trinajstić information content (AvgIpc) is 3.32. The van der Waals surface area contributed by atoms with Gasteiger partial charge in [-0.3, -0.25) is 15.0 Å². The molecule has 0 heterocycles. The summed E-state index contributed by atoms with van der Waals surface area (Å²) in [6.07, 6.45) is 1.91. The molecule has 0 atom stereocenters. The molecule has 1 saturated carbocycles. The summed E-state index contributed by atoms with van der Waals surface area (Å²) >= 11 is 6.06. The minimum Gasteiger partial charge on any atom is -0.338 e. The van der Waals surface area contributed by atoms with Crippen LogP contribution in [0.4, 0.5) is 9.18 Å². The number of nitrogens with zero attached hydrogens (tertiary/aromatic N) is 1. The van der Waals surface area contributed by atoms with E-state index in [1.165, 1.54) is 6.07 Å². The Balaban J connectivity index is 1.92. The highest BCUT2D eigenvalue weighted by atomic mass is 35.5. The van der Waals surface area contributed by atoms with Crippen LogP contribution in [0.2, 0.25) is 5.02 Å². The number of rotatable bonds is 7. The van der Waals surface area contributed by atoms with Gasteiger partial charge in [0.1, 0.15) is 5.82 Å². The van der Waals surface area contributed by atoms with E-state index in [1.807, 2.05) is 18.7 Å². The van der Waals surface area contributed by atoms with Gasteiger partial charge in [-0.1, -0.05) is 31.5 Å². The summed E-state index contributed by atoms with van der Waals surface area (Å²) < 4.78 is 13.9. The third-order valence-corrected chi connectivity index (χ3v) is 4.11. The number of hydrogen-bond donors (Lipinski definition) is 2. The maximum atomic E-state index is 13.9. The number of carbonyl (C=O) groups is 2. The normalized spacial score (nSPS) is 14.1. The number of nitrogens with one attached hydrogen (secondary N) is 2. The molecule has 7 heteroatoms. The van der Waals surface area contributed by atoms with Crippen molar-refractivity contribution >= 4 is 23.5 Å². The number of hydrogen-bond acceptors (Lipinski definition) is 3. The molecule has 0 radical (unpaired) electrons. The molecule has 2 rings (SSSR count). The number of benzene rings is 1. The molecule has 132 valence electrons. The van der Waals surface area contributed by atoms with E-state index in [1.54, 1.807) is 12.1 Å². The molecule has 0 bridgehead atoms. The number of carbonyl (C=O) groups excluding carboxylic acids is 2. The maximum Gasteiger partial charge on any atom is 0.321 e. The molecule has 24 heavy (non-hydrogen) atoms. The monoisotopic (exact) mass is 355 g/mol. The van der Waals surface area contributed by atoms with E-state index in [9.17, 15) is 14.0 Å². The van der Waals surface area contributed by atoms with Crippen LogP contribution in [0, 0.1) is 11.7 Å². The summed E-state index contributed by atoms with van der Waals surface area (Å²) in [6, 6.07) is 4.25. The molecule has 1 aliphatic rings. The lowest BCUT2D eigenvalue weighted by atomic mass is 10.2. The van der Waals surface area contributed by atoms with E-state index in [-0.39, 0.29) is 24.9 Å². The van der Waals surface area contributed by atoms with Gasteiger partial charge in [-0.05, 0) is 30.9 Å². The Morgan fingerprint density at radius 2 is 2.08 bits per heavy atom. The first-order valence-corrected chi connectivity index (χ1v) is 8.49. The maximum absolute atomic E-state index is 13.9. The molecular formula is C17H23ClFN3O2. The van der Waals surface area contributed by atoms with Crippen molar-refractivity contribution in [3.8, 4) is 0 Å². The lowest BCUT2D eigenvalue weighted by molar-refractivity contribution is -0.121. The zero-order valence-corrected chi connectivity index (χ0v) is 14.7. The fourth-order valence-corrected chi connectivity index (χ4v) is 2.55. The Morgan fingerprint density at radius 1 is 1.38 bits per heavy atom. The van der Waals surface area contributed by atoms with Crippen LogP contribution >= 0.6 is 11.6 Å². The Hall–Kier alpha value is -1.66. The van der Waals surface area contributed by atoms with E-state index in [2.05, 4.69) is 10.6 Å². The molecular weight excluding hydrogens is 333 g/mol. The molecule has 0 aromatic heterocycles. The van der Waals surface area contributed by atoms with E-state index in [0.717, 1.165) is 12.8 Å². The number of amides is 3. The van der Waals surface area contributed by atoms with Gasteiger partial charge in [-0.15, -0.1) is 0 Å². The fraction of sp³-hybridized carbons (Fsp3) is 0.529. The summed E-state index contributed by atoms with van der Waals surface area (Å²) in [6.45, 7) is 4.71. The topological polar surface area (TPSA) is 61.4 Å². The molecule has 0 aliphatic heterocycles. The summed E-state index contributed by atoms with van der Waals surface area (Å²) in [4.78, 5) is 25.6. The molecule has 3 amide bonds. The second-order valence-corrected chi connectivity index (χ2v) is 6.90. The summed E-state index contributed by atoms with van der Waals surface area (Å²) in [5, 5.41) is 5.28. The largest absolute Gasteiger partial charge is 0.338 e. The number of urea groups is 1. The van der Waals surface area contributed by atoms with Gasteiger partial charge in [0.15, 0.2) is 0 Å². The Kier molecular flexibility index (Phi) is 6.57. The smallest absolute Gasteiger partial charge is 0.321 e. The van der Waals surface area contributed by atoms with Gasteiger partial charge >= 0.3 is 6.03 Å². The van der Waals surface area contributed by atoms with Gasteiger partial charge < -0.3 is 5.32 Å². The Labute approximate surface area is 146 Å². The van der Waals surface area contributed by atoms with Crippen LogP contribution in [0.3, 0.4) is 0 Å². The van der Waals surface area contributed by atoms with E-state index >= 15 is 0 Å². The van der Waals surface area contributed by atoms with Gasteiger partial charge in [-0.2, -0.15) is 0 Å². The predicted molar refractivity (Wildman–Crippen MR) is 91.2 cm³/mol. The molecule has 1 aromatic rings. The quantitative estimate of drug-likeness (QED) is 0.790. The molecule has 2 N–H and O–H groups in total. The van der Waals surface area contributed by atoms with Crippen LogP contribution in [0.25, 0.3) is 0 Å². The first-order valence-electron chi connectivity index (χ1n) is 8.11. The minimum atomic E-state index is -0.506. The third kappa shape index (κ3) is 5.76. The van der Waals surface area contributed by atoms with Crippen molar-refractivity contribution in [1.82, 2.24) is 15.5 Å². The highest BCUT2D eigenvalue weighted by Crippen LogP contribution is 2.30. The van der Waals surface area contributed by atoms with Crippen molar-refractivity contribution < 1.29 is 14.0 Å². The second-order valence-electron chi connectivity index (χ2n) is 6.49. The second kappa shape index (κ2) is 8.44. The zero-order valence-electron chi connectivity index (χ0n) is 13.9. The van der Waals surface area contributed by atoms with Crippen molar-refractivity contribution in [3.05, 3.63) is 34.6 Å². The average molecular weight is 356 g/mol. The van der Waals surface area contributed by atoms with Crippen LogP contribution in [0.1, 0.15) is 32.3 Å². The van der Waals surface area contributed by atoms with Crippen molar-refractivity contribution in [3.63, 3.8) is 0 Å². The van der Waals surface area contributed by atoms with Gasteiger partial charge in [0.05, 0.1) is 6.54 Å². The van der Waals surface area contributed by atoms with Crippen LogP contribution in [-0.4, -0.2) is 36.0 Å². The van der Waals surface area contributed by atoms with Gasteiger partial charge in [0.2, 0.25) is 5.91 Å². The number of imide groups is 1. The van der Waals surface area contributed by atoms with Crippen molar-refractivity contribution in [1.29, 1.82) is 0 Å². The van der Waals surface area contributed by atoms with E-state index < -0.39 is 11.9 Å². The zero-order chi connectivity index (χ0) is 17.7. The minimum absolute atomic E-state index is 0.0322. The lowest BCUT2D eigenvalue weighted by Crippen LogP contribution is -2.45. The van der Waals surface area contributed by atoms with E-state index in [4.69, 9.17) is 11.6 Å². The van der Waals surface area contributed by atoms with Crippen molar-refractivity contribution in [2.45, 2.75) is 39.3 Å². The lowest BCUT2D eigenvalue weighted by Gasteiger charge is -2.22. The first-order chi connectivity index (χ1) is 11.4. The molecule has 0 spiro atoms. The SMILES string of the molecule is CC(C)CNC(=O)NC(=O)CN(Cc1c(F)cccc1Cl)C1CC1. The van der Waals surface area contributed by atoms with Crippen LogP contribution in [0.5, 0.6) is 0 Å². The molecule has 1 aliphatic carbocycles. The van der Waals surface area contributed by atoms with Crippen molar-refractivity contribution in [2.24, 2.45) is 5.92 Å². The van der Waals surface area contributed by atoms with Gasteiger partial charge in [-0.25, -0.2) is 9.18 Å². The van der Waals surface area contributed by atoms with Crippen LogP contribution in [0.15, 0.2) is 18.2 Å². The van der Waals surface area contributed by atoms with Gasteiger partial charge in [0, 0.05) is 29.7 Å². The molecule has 0 unspecified atom stereocenters. The highest BCUT2D eigenvalue weighted by Gasteiger charge is 2.31. The predicted octanol–water partition coefficient (Wildman–Crippen LogP) is 2.93. The summed E-state index contributed by atoms with van der Waals surface area (Å²) in [5.74, 6) is -0.490. The molecule has 1 aromatic carbocycles. The summed E-state index contributed by atoms with van der Waals surface area (Å²) in [5.41, 5.74) is 0.378. The standard InChI is InChI=1S/C17H23ClFN3O2/c1-11(2)8-20-17(24)21-16(23)10-22(12-6-7-12)9-13-14(18)4-3-5-15(13)19/h3-5,11-12H,6-10H2,1-2H3,(H2,20,21,23,24). The Bertz CT molecular complexity index is 585. The highest BCUT2D eigenvalue weighted by molar-refractivity contribution is 6.31. The van der Waals surface area contributed by atoms with E-state index in [0.29, 0.717) is 23.0 Å². The fourth-order valence-electron chi connectivity index (χ4n) is 2.33. The first kappa shape index (κ1) is 18.7. The van der Waals surface area contributed by atoms with Crippen LogP contribution in [-0.2, 0) is 11.3 Å². The Morgan fingerprint density at radius 3 is 2.67 bits per heavy atom. The molecule has 5 nitrogen and oxygen atoms in total. The van der Waals surface area contributed by atoms with Gasteiger partial charge in [0.25, 0.3) is 0 Å². The number of halogens is 2. The van der Waals surface area contributed by atoms with Crippen LogP contribution < -0.4 is 10.6 Å². The molecule has 0 saturated heterocycles. The summed E-state index contributed by atoms with van der Waals surface area (Å²) in [7, 11) is 0.